The molecule has 0 radical (unpaired) electrons. The third kappa shape index (κ3) is 1.66. The molecule has 90 valence electrons. The van der Waals surface area contributed by atoms with E-state index in [-0.39, 0.29) is 0 Å². The molecule has 18 heavy (non-hydrogen) atoms. The standard InChI is InChI=1S/C13H12N4O/c1-18-9-4-2-8(3-5-9)12-16-11-10(14)6-7-15-13(11)17-12/h2-7H,1H3,(H3,14,15,16,17). The second kappa shape index (κ2) is 4.03. The highest BCUT2D eigenvalue weighted by molar-refractivity contribution is 5.86. The first-order valence-electron chi connectivity index (χ1n) is 5.52. The first kappa shape index (κ1) is 10.6. The van der Waals surface area contributed by atoms with Crippen LogP contribution < -0.4 is 10.5 Å². The fourth-order valence-electron chi connectivity index (χ4n) is 1.82. The molecular weight excluding hydrogens is 228 g/mol. The number of pyridine rings is 1. The minimum atomic E-state index is 0.626. The van der Waals surface area contributed by atoms with Crippen molar-refractivity contribution in [1.29, 1.82) is 0 Å². The van der Waals surface area contributed by atoms with Gasteiger partial charge in [0, 0.05) is 11.8 Å². The minimum Gasteiger partial charge on any atom is -0.497 e. The molecule has 0 unspecified atom stereocenters. The molecule has 0 atom stereocenters. The van der Waals surface area contributed by atoms with Crippen LogP contribution in [0.25, 0.3) is 22.6 Å². The average Bonchev–Trinajstić information content (AvgIpc) is 2.84. The Morgan fingerprint density at radius 1 is 1.17 bits per heavy atom. The van der Waals surface area contributed by atoms with Crippen LogP contribution in [0.2, 0.25) is 0 Å². The number of nitrogens with two attached hydrogens (primary N) is 1. The molecule has 0 bridgehead atoms. The van der Waals surface area contributed by atoms with Crippen molar-refractivity contribution in [2.75, 3.05) is 12.8 Å². The molecule has 3 N–H and O–H groups in total. The summed E-state index contributed by atoms with van der Waals surface area (Å²) < 4.78 is 5.12. The summed E-state index contributed by atoms with van der Waals surface area (Å²) in [5.74, 6) is 1.56. The number of ether oxygens (including phenoxy) is 1. The summed E-state index contributed by atoms with van der Waals surface area (Å²) in [7, 11) is 1.64. The lowest BCUT2D eigenvalue weighted by Crippen LogP contribution is -1.87. The van der Waals surface area contributed by atoms with Crippen molar-refractivity contribution in [3.8, 4) is 17.1 Å². The van der Waals surface area contributed by atoms with E-state index in [1.807, 2.05) is 24.3 Å². The summed E-state index contributed by atoms with van der Waals surface area (Å²) >= 11 is 0. The van der Waals surface area contributed by atoms with E-state index in [0.29, 0.717) is 11.3 Å². The van der Waals surface area contributed by atoms with E-state index >= 15 is 0 Å². The molecule has 5 heteroatoms. The Balaban J connectivity index is 2.10. The van der Waals surface area contributed by atoms with E-state index in [9.17, 15) is 0 Å². The molecule has 0 aliphatic rings. The number of anilines is 1. The second-order valence-electron chi connectivity index (χ2n) is 3.91. The van der Waals surface area contributed by atoms with Gasteiger partial charge in [0.1, 0.15) is 17.1 Å². The van der Waals surface area contributed by atoms with Gasteiger partial charge >= 0.3 is 0 Å². The third-order valence-corrected chi connectivity index (χ3v) is 2.79. The summed E-state index contributed by atoms with van der Waals surface area (Å²) in [4.78, 5) is 11.8. The zero-order valence-corrected chi connectivity index (χ0v) is 9.84. The molecule has 0 saturated heterocycles. The Labute approximate surface area is 104 Å². The van der Waals surface area contributed by atoms with E-state index in [0.717, 1.165) is 22.7 Å². The number of hydrogen-bond donors (Lipinski definition) is 2. The molecule has 0 aliphatic carbocycles. The largest absolute Gasteiger partial charge is 0.497 e. The van der Waals surface area contributed by atoms with Crippen LogP contribution in [-0.4, -0.2) is 22.1 Å². The average molecular weight is 240 g/mol. The highest BCUT2D eigenvalue weighted by Crippen LogP contribution is 2.24. The lowest BCUT2D eigenvalue weighted by atomic mass is 10.2. The lowest BCUT2D eigenvalue weighted by Gasteiger charge is -2.00. The number of aromatic nitrogens is 3. The van der Waals surface area contributed by atoms with Crippen LogP contribution in [0, 0.1) is 0 Å². The van der Waals surface area contributed by atoms with Crippen molar-refractivity contribution in [3.05, 3.63) is 36.5 Å². The highest BCUT2D eigenvalue weighted by atomic mass is 16.5. The van der Waals surface area contributed by atoms with Crippen molar-refractivity contribution in [1.82, 2.24) is 15.0 Å². The van der Waals surface area contributed by atoms with Crippen molar-refractivity contribution in [2.24, 2.45) is 0 Å². The number of nitrogens with one attached hydrogen (secondary N) is 1. The molecular formula is C13H12N4O. The van der Waals surface area contributed by atoms with Gasteiger partial charge in [0.05, 0.1) is 12.8 Å². The van der Waals surface area contributed by atoms with Gasteiger partial charge in [-0.1, -0.05) is 0 Å². The molecule has 0 fully saturated rings. The Hall–Kier alpha value is -2.56. The molecule has 0 saturated carbocycles. The van der Waals surface area contributed by atoms with E-state index in [4.69, 9.17) is 10.5 Å². The Morgan fingerprint density at radius 3 is 2.61 bits per heavy atom. The number of methoxy groups -OCH3 is 1. The molecule has 0 amide bonds. The quantitative estimate of drug-likeness (QED) is 0.720. The van der Waals surface area contributed by atoms with Gasteiger partial charge < -0.3 is 15.5 Å². The first-order valence-corrected chi connectivity index (χ1v) is 5.52. The number of fused-ring (bicyclic) bond motifs is 1. The summed E-state index contributed by atoms with van der Waals surface area (Å²) in [6.45, 7) is 0. The van der Waals surface area contributed by atoms with Crippen molar-refractivity contribution in [2.45, 2.75) is 0 Å². The zero-order chi connectivity index (χ0) is 12.5. The molecule has 3 rings (SSSR count). The Kier molecular flexibility index (Phi) is 2.37. The summed E-state index contributed by atoms with van der Waals surface area (Å²) in [6.07, 6.45) is 1.65. The normalized spacial score (nSPS) is 10.7. The van der Waals surface area contributed by atoms with Gasteiger partial charge in [0.25, 0.3) is 0 Å². The van der Waals surface area contributed by atoms with Crippen molar-refractivity contribution >= 4 is 16.9 Å². The summed E-state index contributed by atoms with van der Waals surface area (Å²) in [6, 6.07) is 9.40. The number of imidazole rings is 1. The Bertz CT molecular complexity index is 688. The van der Waals surface area contributed by atoms with Crippen LogP contribution >= 0.6 is 0 Å². The molecule has 2 heterocycles. The molecule has 5 nitrogen and oxygen atoms in total. The zero-order valence-electron chi connectivity index (χ0n) is 9.84. The third-order valence-electron chi connectivity index (χ3n) is 2.79. The number of hydrogen-bond acceptors (Lipinski definition) is 4. The maximum Gasteiger partial charge on any atom is 0.180 e. The van der Waals surface area contributed by atoms with Gasteiger partial charge in [-0.15, -0.1) is 0 Å². The van der Waals surface area contributed by atoms with E-state index in [1.165, 1.54) is 0 Å². The maximum absolute atomic E-state index is 5.86. The van der Waals surface area contributed by atoms with Gasteiger partial charge in [-0.05, 0) is 30.3 Å². The molecule has 2 aromatic heterocycles. The second-order valence-corrected chi connectivity index (χ2v) is 3.91. The van der Waals surface area contributed by atoms with Crippen LogP contribution in [0.15, 0.2) is 36.5 Å². The van der Waals surface area contributed by atoms with Gasteiger partial charge in [0.2, 0.25) is 0 Å². The molecule has 1 aromatic carbocycles. The van der Waals surface area contributed by atoms with E-state index in [1.54, 1.807) is 19.4 Å². The van der Waals surface area contributed by atoms with Crippen LogP contribution in [0.3, 0.4) is 0 Å². The van der Waals surface area contributed by atoms with Crippen molar-refractivity contribution < 1.29 is 4.74 Å². The van der Waals surface area contributed by atoms with E-state index in [2.05, 4.69) is 15.0 Å². The molecule has 0 spiro atoms. The number of rotatable bonds is 2. The highest BCUT2D eigenvalue weighted by Gasteiger charge is 2.08. The number of benzene rings is 1. The van der Waals surface area contributed by atoms with Crippen LogP contribution in [0.4, 0.5) is 5.69 Å². The molecule has 3 aromatic rings. The monoisotopic (exact) mass is 240 g/mol. The lowest BCUT2D eigenvalue weighted by molar-refractivity contribution is 0.415. The fraction of sp³-hybridized carbons (Fsp3) is 0.0769. The van der Waals surface area contributed by atoms with Gasteiger partial charge in [-0.3, -0.25) is 0 Å². The van der Waals surface area contributed by atoms with Gasteiger partial charge in [0.15, 0.2) is 5.65 Å². The van der Waals surface area contributed by atoms with Crippen LogP contribution in [0.1, 0.15) is 0 Å². The predicted octanol–water partition coefficient (Wildman–Crippen LogP) is 2.22. The number of nitrogens with zero attached hydrogens (tertiary/aromatic N) is 2. The topological polar surface area (TPSA) is 76.8 Å². The van der Waals surface area contributed by atoms with Gasteiger partial charge in [-0.25, -0.2) is 9.97 Å². The summed E-state index contributed by atoms with van der Waals surface area (Å²) in [5.41, 5.74) is 8.87. The van der Waals surface area contributed by atoms with Crippen LogP contribution in [-0.2, 0) is 0 Å². The maximum atomic E-state index is 5.86. The predicted molar refractivity (Wildman–Crippen MR) is 70.3 cm³/mol. The Morgan fingerprint density at radius 2 is 1.94 bits per heavy atom. The minimum absolute atomic E-state index is 0.626. The fourth-order valence-corrected chi connectivity index (χ4v) is 1.82. The molecule has 0 aliphatic heterocycles. The first-order chi connectivity index (χ1) is 8.78. The van der Waals surface area contributed by atoms with Crippen LogP contribution in [0.5, 0.6) is 5.75 Å². The van der Waals surface area contributed by atoms with Gasteiger partial charge in [-0.2, -0.15) is 0 Å². The SMILES string of the molecule is COc1ccc(-c2nc3nccc(N)c3[nH]2)cc1. The number of H-pyrrole nitrogens is 1. The van der Waals surface area contributed by atoms with E-state index < -0.39 is 0 Å². The summed E-state index contributed by atoms with van der Waals surface area (Å²) in [5, 5.41) is 0. The van der Waals surface area contributed by atoms with Crippen molar-refractivity contribution in [3.63, 3.8) is 0 Å². The number of aromatic amines is 1. The number of nitrogen functional groups attached to an aromatic ring is 1. The smallest absolute Gasteiger partial charge is 0.180 e.